The van der Waals surface area contributed by atoms with Gasteiger partial charge in [-0.25, -0.2) is 21.2 Å². The number of thioether (sulfide) groups is 1. The Kier molecular flexibility index (Phi) is 8.15. The SMILES string of the molecule is O=S(=O)([O-])CCCN1C(=Cc2sc3ccc(-c4cccs4)cc3[n+]2CCCS(=O)(=O)[O-])Sc2ccc(F)cc21. The smallest absolute Gasteiger partial charge is 0.265 e. The highest BCUT2D eigenvalue weighted by Crippen LogP contribution is 2.47. The Labute approximate surface area is 237 Å². The highest BCUT2D eigenvalue weighted by atomic mass is 32.2. The predicted molar refractivity (Wildman–Crippen MR) is 151 cm³/mol. The van der Waals surface area contributed by atoms with Crippen molar-refractivity contribution in [3.05, 3.63) is 69.8 Å². The van der Waals surface area contributed by atoms with Gasteiger partial charge in [0, 0.05) is 40.3 Å². The van der Waals surface area contributed by atoms with E-state index in [4.69, 9.17) is 0 Å². The summed E-state index contributed by atoms with van der Waals surface area (Å²) in [6.07, 6.45) is 2.10. The summed E-state index contributed by atoms with van der Waals surface area (Å²) in [6.45, 7) is 0.480. The molecule has 0 amide bonds. The number of nitrogens with zero attached hydrogens (tertiary/aromatic N) is 2. The Balaban J connectivity index is 1.56. The first-order chi connectivity index (χ1) is 18.5. The van der Waals surface area contributed by atoms with Gasteiger partial charge >= 0.3 is 0 Å². The molecule has 2 aromatic carbocycles. The van der Waals surface area contributed by atoms with E-state index in [2.05, 4.69) is 0 Å². The first-order valence-electron chi connectivity index (χ1n) is 11.8. The summed E-state index contributed by atoms with van der Waals surface area (Å²) < 4.78 is 84.5. The molecule has 14 heteroatoms. The number of aromatic nitrogens is 1. The van der Waals surface area contributed by atoms with Crippen molar-refractivity contribution in [2.24, 2.45) is 0 Å². The zero-order valence-electron chi connectivity index (χ0n) is 20.3. The fourth-order valence-corrected chi connectivity index (χ4v) is 8.33. The van der Waals surface area contributed by atoms with Crippen LogP contribution in [0.4, 0.5) is 10.1 Å². The van der Waals surface area contributed by atoms with Crippen molar-refractivity contribution < 1.29 is 34.9 Å². The second-order valence-electron chi connectivity index (χ2n) is 8.83. The standard InChI is InChI=1S/C25H23FN2O6S5/c26-18-6-8-23-20(15-18)28(10-3-13-39(32,33)34)25(37-23)16-24-27(9-2-12-38(29,30)31)19-14-17(5-7-22(19)36-24)21-4-1-11-35-21/h1,4-8,11,14-16H,2-3,9-10,12-13H2,(H-,29,30,31,32,33,34)/p-1. The molecule has 0 saturated heterocycles. The minimum atomic E-state index is -4.40. The van der Waals surface area contributed by atoms with Gasteiger partial charge in [-0.3, -0.25) is 0 Å². The van der Waals surface area contributed by atoms with Gasteiger partial charge in [0.1, 0.15) is 10.5 Å². The Morgan fingerprint density at radius 2 is 1.74 bits per heavy atom. The van der Waals surface area contributed by atoms with Gasteiger partial charge in [0.25, 0.3) is 5.01 Å². The Morgan fingerprint density at radius 1 is 0.974 bits per heavy atom. The zero-order valence-corrected chi connectivity index (χ0v) is 24.4. The largest absolute Gasteiger partial charge is 0.748 e. The first-order valence-corrected chi connectivity index (χ1v) is 17.5. The molecule has 0 bridgehead atoms. The molecule has 0 N–H and O–H groups in total. The number of aryl methyl sites for hydroxylation is 1. The van der Waals surface area contributed by atoms with E-state index in [1.807, 2.05) is 46.4 Å². The second kappa shape index (κ2) is 11.3. The van der Waals surface area contributed by atoms with E-state index in [-0.39, 0.29) is 25.9 Å². The Hall–Kier alpha value is -2.33. The molecule has 1 aliphatic rings. The maximum Gasteiger partial charge on any atom is 0.265 e. The number of anilines is 1. The monoisotopic (exact) mass is 625 g/mol. The summed E-state index contributed by atoms with van der Waals surface area (Å²) in [5.41, 5.74) is 2.48. The van der Waals surface area contributed by atoms with E-state index in [0.717, 1.165) is 30.6 Å². The summed E-state index contributed by atoms with van der Waals surface area (Å²) in [5.74, 6) is -1.47. The minimum absolute atomic E-state index is 0.0671. The molecule has 0 fully saturated rings. The molecule has 39 heavy (non-hydrogen) atoms. The van der Waals surface area contributed by atoms with Crippen LogP contribution in [-0.2, 0) is 26.8 Å². The molecular formula is C25H22FN2O6S5-. The van der Waals surface area contributed by atoms with Crippen LogP contribution in [0.25, 0.3) is 26.7 Å². The van der Waals surface area contributed by atoms with Crippen molar-refractivity contribution >= 4 is 76.7 Å². The average Bonchev–Trinajstić information content (AvgIpc) is 3.57. The summed E-state index contributed by atoms with van der Waals surface area (Å²) in [5, 5.41) is 3.49. The van der Waals surface area contributed by atoms with Crippen LogP contribution in [-0.4, -0.2) is 44.0 Å². The molecule has 0 unspecified atom stereocenters. The van der Waals surface area contributed by atoms with Crippen LogP contribution in [0.2, 0.25) is 0 Å². The van der Waals surface area contributed by atoms with E-state index < -0.39 is 37.6 Å². The molecule has 0 saturated carbocycles. The number of hydrogen-bond donors (Lipinski definition) is 0. The van der Waals surface area contributed by atoms with E-state index in [1.54, 1.807) is 22.3 Å². The molecule has 3 heterocycles. The van der Waals surface area contributed by atoms with Crippen molar-refractivity contribution in [2.75, 3.05) is 23.0 Å². The molecule has 4 aromatic rings. The number of thiazole rings is 1. The third-order valence-electron chi connectivity index (χ3n) is 6.03. The van der Waals surface area contributed by atoms with Gasteiger partial charge in [0.15, 0.2) is 6.54 Å². The van der Waals surface area contributed by atoms with Crippen LogP contribution in [0.3, 0.4) is 0 Å². The van der Waals surface area contributed by atoms with E-state index >= 15 is 0 Å². The normalized spacial score (nSPS) is 14.9. The Morgan fingerprint density at radius 3 is 2.46 bits per heavy atom. The summed E-state index contributed by atoms with van der Waals surface area (Å²) >= 11 is 4.49. The molecule has 0 spiro atoms. The van der Waals surface area contributed by atoms with Crippen molar-refractivity contribution in [3.63, 3.8) is 0 Å². The third kappa shape index (κ3) is 6.88. The maximum atomic E-state index is 14.1. The topological polar surface area (TPSA) is 122 Å². The highest BCUT2D eigenvalue weighted by molar-refractivity contribution is 8.04. The fourth-order valence-electron chi connectivity index (χ4n) is 4.35. The molecule has 5 rings (SSSR count). The maximum absolute atomic E-state index is 14.1. The second-order valence-corrected chi connectivity index (χ2v) is 15.0. The van der Waals surface area contributed by atoms with Gasteiger partial charge < -0.3 is 14.0 Å². The fraction of sp³-hybridized carbons (Fsp3) is 0.240. The Bertz CT molecular complexity index is 1770. The molecular weight excluding hydrogens is 604 g/mol. The molecule has 0 atom stereocenters. The van der Waals surface area contributed by atoms with Gasteiger partial charge in [-0.1, -0.05) is 35.2 Å². The van der Waals surface area contributed by atoms with Crippen LogP contribution < -0.4 is 9.47 Å². The van der Waals surface area contributed by atoms with Gasteiger partial charge in [0.05, 0.1) is 37.0 Å². The molecule has 2 aromatic heterocycles. The summed E-state index contributed by atoms with van der Waals surface area (Å²) in [6, 6.07) is 14.4. The van der Waals surface area contributed by atoms with Crippen LogP contribution >= 0.6 is 34.4 Å². The van der Waals surface area contributed by atoms with Gasteiger partial charge in [-0.2, -0.15) is 4.57 Å². The van der Waals surface area contributed by atoms with Crippen molar-refractivity contribution in [2.45, 2.75) is 24.3 Å². The lowest BCUT2D eigenvalue weighted by atomic mass is 10.2. The van der Waals surface area contributed by atoms with Crippen LogP contribution in [0, 0.1) is 5.82 Å². The molecule has 1 aliphatic heterocycles. The molecule has 0 radical (unpaired) electrons. The van der Waals surface area contributed by atoms with Crippen molar-refractivity contribution in [3.8, 4) is 10.4 Å². The molecule has 0 aliphatic carbocycles. The van der Waals surface area contributed by atoms with Gasteiger partial charge in [-0.05, 0) is 47.7 Å². The van der Waals surface area contributed by atoms with Gasteiger partial charge in [0.2, 0.25) is 5.52 Å². The number of halogens is 1. The quantitative estimate of drug-likeness (QED) is 0.181. The summed E-state index contributed by atoms with van der Waals surface area (Å²) in [7, 11) is -8.78. The van der Waals surface area contributed by atoms with Crippen LogP contribution in [0.1, 0.15) is 17.8 Å². The highest BCUT2D eigenvalue weighted by Gasteiger charge is 2.28. The lowest BCUT2D eigenvalue weighted by molar-refractivity contribution is -0.668. The van der Waals surface area contributed by atoms with Crippen LogP contribution in [0.5, 0.6) is 0 Å². The van der Waals surface area contributed by atoms with E-state index in [0.29, 0.717) is 10.7 Å². The van der Waals surface area contributed by atoms with Gasteiger partial charge in [-0.15, -0.1) is 11.3 Å². The lowest BCUT2D eigenvalue weighted by Gasteiger charge is -2.20. The number of rotatable bonds is 10. The number of fused-ring (bicyclic) bond motifs is 2. The number of thiophene rings is 1. The minimum Gasteiger partial charge on any atom is -0.748 e. The summed E-state index contributed by atoms with van der Waals surface area (Å²) in [4.78, 5) is 3.67. The molecule has 206 valence electrons. The van der Waals surface area contributed by atoms with Crippen molar-refractivity contribution in [1.29, 1.82) is 0 Å². The lowest BCUT2D eigenvalue weighted by Crippen LogP contribution is -2.36. The average molecular weight is 626 g/mol. The van der Waals surface area contributed by atoms with Crippen molar-refractivity contribution in [1.82, 2.24) is 0 Å². The third-order valence-corrected chi connectivity index (χ3v) is 10.7. The van der Waals surface area contributed by atoms with Crippen LogP contribution in [0.15, 0.2) is 63.8 Å². The zero-order chi connectivity index (χ0) is 27.8. The van der Waals surface area contributed by atoms with E-state index in [1.165, 1.54) is 35.2 Å². The number of hydrogen-bond acceptors (Lipinski definition) is 10. The first kappa shape index (κ1) is 28.2. The van der Waals surface area contributed by atoms with E-state index in [9.17, 15) is 30.3 Å². The number of benzene rings is 2. The molecule has 8 nitrogen and oxygen atoms in total. The predicted octanol–water partition coefficient (Wildman–Crippen LogP) is 4.84.